The number of aliphatic carboxylic acids is 1. The van der Waals surface area contributed by atoms with Gasteiger partial charge in [-0.1, -0.05) is 30.7 Å². The fraction of sp³-hybridized carbons (Fsp3) is 0.300. The number of hydrogen-bond donors (Lipinski definition) is 2. The highest BCUT2D eigenvalue weighted by Gasteiger charge is 2.42. The summed E-state index contributed by atoms with van der Waals surface area (Å²) in [7, 11) is 0. The first-order valence-electron chi connectivity index (χ1n) is 8.57. The number of carboxylic acids is 1. The lowest BCUT2D eigenvalue weighted by Gasteiger charge is -2.27. The molecule has 25 heavy (non-hydrogen) atoms. The summed E-state index contributed by atoms with van der Waals surface area (Å²) >= 11 is 0. The molecule has 128 valence electrons. The minimum absolute atomic E-state index is 0.0505. The smallest absolute Gasteiger partial charge is 0.308 e. The second kappa shape index (κ2) is 5.92. The second-order valence-electron chi connectivity index (χ2n) is 6.87. The van der Waals surface area contributed by atoms with E-state index in [2.05, 4.69) is 0 Å². The Hall–Kier alpha value is -2.82. The van der Waals surface area contributed by atoms with E-state index in [0.717, 1.165) is 29.5 Å². The van der Waals surface area contributed by atoms with E-state index >= 15 is 0 Å². The van der Waals surface area contributed by atoms with Gasteiger partial charge in [0.15, 0.2) is 0 Å². The van der Waals surface area contributed by atoms with Gasteiger partial charge in [-0.3, -0.25) is 9.59 Å². The lowest BCUT2D eigenvalue weighted by molar-refractivity contribution is -0.143. The van der Waals surface area contributed by atoms with E-state index < -0.39 is 11.9 Å². The van der Waals surface area contributed by atoms with E-state index in [1.54, 1.807) is 4.90 Å². The molecule has 0 bridgehead atoms. The molecule has 2 unspecified atom stereocenters. The third-order valence-corrected chi connectivity index (χ3v) is 5.38. The first-order valence-corrected chi connectivity index (χ1v) is 8.57. The van der Waals surface area contributed by atoms with Gasteiger partial charge in [0.25, 0.3) is 5.91 Å². The van der Waals surface area contributed by atoms with Gasteiger partial charge in [0.1, 0.15) is 0 Å². The Balaban J connectivity index is 1.64. The van der Waals surface area contributed by atoms with Crippen LogP contribution in [0.4, 0.5) is 5.69 Å². The summed E-state index contributed by atoms with van der Waals surface area (Å²) < 4.78 is 0. The fourth-order valence-electron chi connectivity index (χ4n) is 4.05. The number of carboxylic acid groups (broad SMARTS) is 1. The van der Waals surface area contributed by atoms with E-state index in [9.17, 15) is 14.7 Å². The standard InChI is InChI=1S/C20H20N2O3/c21-15-8-6-12(7-9-15)13-4-5-14-11-22(19(23)17(14)10-13)18-3-1-2-16(18)20(24)25/h4-10,16,18H,1-3,11,21H2,(H,24,25). The Bertz CT molecular complexity index is 845. The van der Waals surface area contributed by atoms with Crippen LogP contribution in [-0.4, -0.2) is 27.9 Å². The Kier molecular flexibility index (Phi) is 3.71. The molecule has 1 aliphatic heterocycles. The summed E-state index contributed by atoms with van der Waals surface area (Å²) in [6.45, 7) is 0.505. The molecular weight excluding hydrogens is 316 g/mol. The SMILES string of the molecule is Nc1ccc(-c2ccc3c(c2)C(=O)N(C2CCCC2C(=O)O)C3)cc1. The molecule has 1 saturated carbocycles. The Morgan fingerprint density at radius 2 is 1.80 bits per heavy atom. The highest BCUT2D eigenvalue weighted by molar-refractivity contribution is 6.00. The van der Waals surface area contributed by atoms with Crippen molar-refractivity contribution < 1.29 is 14.7 Å². The number of anilines is 1. The number of amides is 1. The van der Waals surface area contributed by atoms with Crippen molar-refractivity contribution in [2.75, 3.05) is 5.73 Å². The van der Waals surface area contributed by atoms with Gasteiger partial charge < -0.3 is 15.7 Å². The summed E-state index contributed by atoms with van der Waals surface area (Å²) in [5.74, 6) is -1.30. The van der Waals surface area contributed by atoms with E-state index in [0.29, 0.717) is 24.2 Å². The number of nitrogens with zero attached hydrogens (tertiary/aromatic N) is 1. The second-order valence-corrected chi connectivity index (χ2v) is 6.87. The van der Waals surface area contributed by atoms with Gasteiger partial charge in [-0.15, -0.1) is 0 Å². The molecular formula is C20H20N2O3. The van der Waals surface area contributed by atoms with Gasteiger partial charge in [-0.05, 0) is 47.7 Å². The summed E-state index contributed by atoms with van der Waals surface area (Å²) in [5, 5.41) is 9.41. The predicted molar refractivity (Wildman–Crippen MR) is 94.9 cm³/mol. The number of nitrogen functional groups attached to an aromatic ring is 1. The molecule has 1 fully saturated rings. The van der Waals surface area contributed by atoms with Crippen molar-refractivity contribution in [1.82, 2.24) is 4.90 Å². The molecule has 0 spiro atoms. The summed E-state index contributed by atoms with van der Waals surface area (Å²) in [6, 6.07) is 13.2. The molecule has 5 nitrogen and oxygen atoms in total. The minimum Gasteiger partial charge on any atom is -0.481 e. The third kappa shape index (κ3) is 2.65. The van der Waals surface area contributed by atoms with Crippen LogP contribution in [0.1, 0.15) is 35.2 Å². The van der Waals surface area contributed by atoms with Crippen molar-refractivity contribution in [2.45, 2.75) is 31.8 Å². The maximum absolute atomic E-state index is 12.9. The molecule has 4 rings (SSSR count). The molecule has 2 aliphatic rings. The van der Waals surface area contributed by atoms with Crippen LogP contribution in [0, 0.1) is 5.92 Å². The summed E-state index contributed by atoms with van der Waals surface area (Å²) in [6.07, 6.45) is 2.27. The number of rotatable bonds is 3. The van der Waals surface area contributed by atoms with Crippen molar-refractivity contribution >= 4 is 17.6 Å². The quantitative estimate of drug-likeness (QED) is 0.844. The Morgan fingerprint density at radius 3 is 2.52 bits per heavy atom. The third-order valence-electron chi connectivity index (χ3n) is 5.38. The minimum atomic E-state index is -0.797. The number of nitrogens with two attached hydrogens (primary N) is 1. The Morgan fingerprint density at radius 1 is 1.08 bits per heavy atom. The van der Waals surface area contributed by atoms with Gasteiger partial charge in [0.05, 0.1) is 5.92 Å². The number of hydrogen-bond acceptors (Lipinski definition) is 3. The summed E-state index contributed by atoms with van der Waals surface area (Å²) in [4.78, 5) is 26.1. The van der Waals surface area contributed by atoms with Crippen LogP contribution in [0.2, 0.25) is 0 Å². The van der Waals surface area contributed by atoms with Crippen molar-refractivity contribution in [2.24, 2.45) is 5.92 Å². The molecule has 2 aromatic rings. The molecule has 1 aliphatic carbocycles. The molecule has 0 radical (unpaired) electrons. The normalized spacial score (nSPS) is 22.2. The molecule has 0 aromatic heterocycles. The fourth-order valence-corrected chi connectivity index (χ4v) is 4.05. The zero-order chi connectivity index (χ0) is 17.6. The number of benzene rings is 2. The van der Waals surface area contributed by atoms with Crippen LogP contribution >= 0.6 is 0 Å². The van der Waals surface area contributed by atoms with E-state index in [1.807, 2.05) is 42.5 Å². The first-order chi connectivity index (χ1) is 12.0. The molecule has 1 heterocycles. The predicted octanol–water partition coefficient (Wildman–Crippen LogP) is 3.14. The lowest BCUT2D eigenvalue weighted by atomic mass is 10.0. The highest BCUT2D eigenvalue weighted by atomic mass is 16.4. The average molecular weight is 336 g/mol. The monoisotopic (exact) mass is 336 g/mol. The van der Waals surface area contributed by atoms with Gasteiger partial charge in [0.2, 0.25) is 0 Å². The number of fused-ring (bicyclic) bond motifs is 1. The van der Waals surface area contributed by atoms with Crippen LogP contribution < -0.4 is 5.73 Å². The van der Waals surface area contributed by atoms with Crippen molar-refractivity contribution in [3.8, 4) is 11.1 Å². The average Bonchev–Trinajstić information content (AvgIpc) is 3.20. The number of carbonyl (C=O) groups excluding carboxylic acids is 1. The number of carbonyl (C=O) groups is 2. The van der Waals surface area contributed by atoms with Crippen LogP contribution in [0.15, 0.2) is 42.5 Å². The van der Waals surface area contributed by atoms with Gasteiger partial charge in [-0.25, -0.2) is 0 Å². The van der Waals surface area contributed by atoms with E-state index in [1.165, 1.54) is 0 Å². The van der Waals surface area contributed by atoms with Crippen molar-refractivity contribution in [3.05, 3.63) is 53.6 Å². The van der Waals surface area contributed by atoms with Crippen LogP contribution in [-0.2, 0) is 11.3 Å². The van der Waals surface area contributed by atoms with Gasteiger partial charge in [-0.2, -0.15) is 0 Å². The van der Waals surface area contributed by atoms with Crippen molar-refractivity contribution in [1.29, 1.82) is 0 Å². The van der Waals surface area contributed by atoms with Gasteiger partial charge >= 0.3 is 5.97 Å². The molecule has 2 atom stereocenters. The van der Waals surface area contributed by atoms with E-state index in [-0.39, 0.29) is 11.9 Å². The Labute approximate surface area is 146 Å². The van der Waals surface area contributed by atoms with Crippen LogP contribution in [0.5, 0.6) is 0 Å². The zero-order valence-electron chi connectivity index (χ0n) is 13.8. The molecule has 2 aromatic carbocycles. The van der Waals surface area contributed by atoms with Crippen LogP contribution in [0.25, 0.3) is 11.1 Å². The lowest BCUT2D eigenvalue weighted by Crippen LogP contribution is -2.40. The topological polar surface area (TPSA) is 83.6 Å². The first kappa shape index (κ1) is 15.7. The largest absolute Gasteiger partial charge is 0.481 e. The molecule has 3 N–H and O–H groups in total. The van der Waals surface area contributed by atoms with E-state index in [4.69, 9.17) is 5.73 Å². The molecule has 1 amide bonds. The van der Waals surface area contributed by atoms with Crippen LogP contribution in [0.3, 0.4) is 0 Å². The zero-order valence-corrected chi connectivity index (χ0v) is 13.8. The van der Waals surface area contributed by atoms with Crippen molar-refractivity contribution in [3.63, 3.8) is 0 Å². The molecule has 5 heteroatoms. The maximum Gasteiger partial charge on any atom is 0.308 e. The maximum atomic E-state index is 12.9. The van der Waals surface area contributed by atoms with Gasteiger partial charge in [0, 0.05) is 23.8 Å². The highest BCUT2D eigenvalue weighted by Crippen LogP contribution is 2.36. The summed E-state index contributed by atoms with van der Waals surface area (Å²) in [5.41, 5.74) is 10.1. The molecule has 0 saturated heterocycles.